The number of nitrogens with zero attached hydrogens (tertiary/aromatic N) is 1. The summed E-state index contributed by atoms with van der Waals surface area (Å²) in [7, 11) is 0. The highest BCUT2D eigenvalue weighted by atomic mass is 35.5. The van der Waals surface area contributed by atoms with Crippen LogP contribution in [0.5, 0.6) is 5.75 Å². The molecule has 0 atom stereocenters. The van der Waals surface area contributed by atoms with Crippen molar-refractivity contribution in [1.82, 2.24) is 10.6 Å². The molecule has 0 aliphatic heterocycles. The molecule has 1 aromatic carbocycles. The number of hydrogen-bond donors (Lipinski definition) is 2. The average Bonchev–Trinajstić information content (AvgIpc) is 2.43. The molecule has 6 nitrogen and oxygen atoms in total. The third kappa shape index (κ3) is 6.15. The van der Waals surface area contributed by atoms with E-state index >= 15 is 0 Å². The van der Waals surface area contributed by atoms with Gasteiger partial charge in [0.1, 0.15) is 5.75 Å². The largest absolute Gasteiger partial charge is 0.482 e. The smallest absolute Gasteiger partial charge is 0.321 e. The minimum Gasteiger partial charge on any atom is -0.482 e. The Morgan fingerprint density at radius 3 is 2.71 bits per heavy atom. The molecule has 0 unspecified atom stereocenters. The highest BCUT2D eigenvalue weighted by molar-refractivity contribution is 6.32. The summed E-state index contributed by atoms with van der Waals surface area (Å²) < 4.78 is 5.19. The van der Waals surface area contributed by atoms with Crippen molar-refractivity contribution in [2.75, 3.05) is 13.2 Å². The molecular formula is C14H16ClN3O3. The number of amides is 3. The second kappa shape index (κ2) is 8.12. The Hall–Kier alpha value is -2.26. The van der Waals surface area contributed by atoms with Crippen LogP contribution in [0.3, 0.4) is 0 Å². The lowest BCUT2D eigenvalue weighted by Gasteiger charge is -2.10. The maximum atomic E-state index is 11.5. The zero-order valence-corrected chi connectivity index (χ0v) is 12.5. The molecule has 0 bridgehead atoms. The minimum atomic E-state index is -0.586. The molecule has 112 valence electrons. The number of urea groups is 1. The Bertz CT molecular complexity index is 567. The van der Waals surface area contributed by atoms with E-state index in [1.807, 2.05) is 19.9 Å². The van der Waals surface area contributed by atoms with Crippen molar-refractivity contribution < 1.29 is 14.3 Å². The number of benzene rings is 1. The van der Waals surface area contributed by atoms with Gasteiger partial charge in [-0.2, -0.15) is 5.26 Å². The number of imide groups is 1. The Labute approximate surface area is 128 Å². The van der Waals surface area contributed by atoms with Crippen molar-refractivity contribution in [3.63, 3.8) is 0 Å². The molecule has 1 rings (SSSR count). The van der Waals surface area contributed by atoms with Crippen molar-refractivity contribution in [1.29, 1.82) is 5.26 Å². The number of ether oxygens (including phenoxy) is 1. The second-order valence-corrected chi connectivity index (χ2v) is 5.10. The summed E-state index contributed by atoms with van der Waals surface area (Å²) in [6.45, 7) is 4.01. The van der Waals surface area contributed by atoms with Crippen molar-refractivity contribution in [3.05, 3.63) is 28.8 Å². The van der Waals surface area contributed by atoms with Gasteiger partial charge in [-0.15, -0.1) is 0 Å². The van der Waals surface area contributed by atoms with Crippen LogP contribution in [-0.2, 0) is 4.79 Å². The Morgan fingerprint density at radius 2 is 2.14 bits per heavy atom. The fraction of sp³-hybridized carbons (Fsp3) is 0.357. The quantitative estimate of drug-likeness (QED) is 0.871. The lowest BCUT2D eigenvalue weighted by Crippen LogP contribution is -2.42. The number of halogens is 1. The van der Waals surface area contributed by atoms with Crippen LogP contribution < -0.4 is 15.4 Å². The van der Waals surface area contributed by atoms with Gasteiger partial charge in [0, 0.05) is 6.54 Å². The van der Waals surface area contributed by atoms with Crippen molar-refractivity contribution >= 4 is 23.5 Å². The van der Waals surface area contributed by atoms with E-state index in [4.69, 9.17) is 21.6 Å². The van der Waals surface area contributed by atoms with Crippen LogP contribution in [0.25, 0.3) is 0 Å². The van der Waals surface area contributed by atoms with E-state index < -0.39 is 11.9 Å². The molecule has 3 amide bonds. The van der Waals surface area contributed by atoms with E-state index in [0.29, 0.717) is 18.0 Å². The molecule has 0 fully saturated rings. The standard InChI is InChI=1S/C14H16ClN3O3/c1-9(2)7-17-14(20)18-13(19)8-21-12-4-3-10(6-16)5-11(12)15/h3-5,9H,7-8H2,1-2H3,(H2,17,18,19,20). The van der Waals surface area contributed by atoms with E-state index in [1.54, 1.807) is 0 Å². The van der Waals surface area contributed by atoms with Gasteiger partial charge in [0.2, 0.25) is 0 Å². The van der Waals surface area contributed by atoms with Gasteiger partial charge in [-0.05, 0) is 24.1 Å². The monoisotopic (exact) mass is 309 g/mol. The average molecular weight is 310 g/mol. The first-order valence-corrected chi connectivity index (χ1v) is 6.70. The van der Waals surface area contributed by atoms with Gasteiger partial charge >= 0.3 is 6.03 Å². The van der Waals surface area contributed by atoms with Crippen LogP contribution in [0.1, 0.15) is 19.4 Å². The SMILES string of the molecule is CC(C)CNC(=O)NC(=O)COc1ccc(C#N)cc1Cl. The van der Waals surface area contributed by atoms with Crippen molar-refractivity contribution in [2.24, 2.45) is 5.92 Å². The van der Waals surface area contributed by atoms with Crippen LogP contribution in [0.4, 0.5) is 4.79 Å². The van der Waals surface area contributed by atoms with Crippen LogP contribution in [0.2, 0.25) is 5.02 Å². The summed E-state index contributed by atoms with van der Waals surface area (Å²) in [5.41, 5.74) is 0.393. The first-order chi connectivity index (χ1) is 9.92. The predicted molar refractivity (Wildman–Crippen MR) is 78.0 cm³/mol. The topological polar surface area (TPSA) is 91.2 Å². The highest BCUT2D eigenvalue weighted by Gasteiger charge is 2.10. The van der Waals surface area contributed by atoms with Crippen LogP contribution >= 0.6 is 11.6 Å². The third-order valence-electron chi connectivity index (χ3n) is 2.34. The molecule has 1 aromatic rings. The maximum absolute atomic E-state index is 11.5. The normalized spacial score (nSPS) is 9.86. The molecule has 7 heteroatoms. The van der Waals surface area contributed by atoms with Gasteiger partial charge in [-0.3, -0.25) is 10.1 Å². The fourth-order valence-electron chi connectivity index (χ4n) is 1.33. The molecule has 0 aliphatic carbocycles. The first kappa shape index (κ1) is 16.8. The zero-order chi connectivity index (χ0) is 15.8. The molecule has 0 heterocycles. The number of carbonyl (C=O) groups excluding carboxylic acids is 2. The lowest BCUT2D eigenvalue weighted by molar-refractivity contribution is -0.122. The summed E-state index contributed by atoms with van der Waals surface area (Å²) in [6, 6.07) is 5.82. The van der Waals surface area contributed by atoms with Gasteiger partial charge in [0.25, 0.3) is 5.91 Å². The van der Waals surface area contributed by atoms with E-state index in [9.17, 15) is 9.59 Å². The van der Waals surface area contributed by atoms with Gasteiger partial charge in [-0.1, -0.05) is 25.4 Å². The van der Waals surface area contributed by atoms with E-state index in [-0.39, 0.29) is 17.4 Å². The zero-order valence-electron chi connectivity index (χ0n) is 11.8. The van der Waals surface area contributed by atoms with E-state index in [1.165, 1.54) is 18.2 Å². The molecule has 0 aromatic heterocycles. The van der Waals surface area contributed by atoms with Crippen LogP contribution in [0.15, 0.2) is 18.2 Å². The summed E-state index contributed by atoms with van der Waals surface area (Å²) in [5.74, 6) is -0.0235. The van der Waals surface area contributed by atoms with Crippen LogP contribution in [-0.4, -0.2) is 25.1 Å². The molecule has 2 N–H and O–H groups in total. The summed E-state index contributed by atoms with van der Waals surface area (Å²) in [6.07, 6.45) is 0. The fourth-order valence-corrected chi connectivity index (χ4v) is 1.57. The van der Waals surface area contributed by atoms with Gasteiger partial charge in [-0.25, -0.2) is 4.79 Å². The molecule has 0 aliphatic rings. The highest BCUT2D eigenvalue weighted by Crippen LogP contribution is 2.24. The lowest BCUT2D eigenvalue weighted by atomic mass is 10.2. The van der Waals surface area contributed by atoms with Gasteiger partial charge in [0.05, 0.1) is 16.7 Å². The Kier molecular flexibility index (Phi) is 6.50. The summed E-state index contributed by atoms with van der Waals surface area (Å²) in [5, 5.41) is 13.6. The van der Waals surface area contributed by atoms with Gasteiger partial charge in [0.15, 0.2) is 6.61 Å². The minimum absolute atomic E-state index is 0.228. The molecule has 0 saturated heterocycles. The van der Waals surface area contributed by atoms with Crippen molar-refractivity contribution in [3.8, 4) is 11.8 Å². The molecule has 0 radical (unpaired) electrons. The summed E-state index contributed by atoms with van der Waals surface area (Å²) in [4.78, 5) is 22.9. The Morgan fingerprint density at radius 1 is 1.43 bits per heavy atom. The van der Waals surface area contributed by atoms with Gasteiger partial charge < -0.3 is 10.1 Å². The van der Waals surface area contributed by atoms with Crippen LogP contribution in [0, 0.1) is 17.2 Å². The number of nitrogens with one attached hydrogen (secondary N) is 2. The number of carbonyl (C=O) groups is 2. The van der Waals surface area contributed by atoms with E-state index in [2.05, 4.69) is 10.6 Å². The molecule has 21 heavy (non-hydrogen) atoms. The molecular weight excluding hydrogens is 294 g/mol. The molecule has 0 saturated carbocycles. The number of rotatable bonds is 5. The Balaban J connectivity index is 2.43. The number of hydrogen-bond acceptors (Lipinski definition) is 4. The predicted octanol–water partition coefficient (Wildman–Crippen LogP) is 2.07. The number of nitriles is 1. The molecule has 0 spiro atoms. The second-order valence-electron chi connectivity index (χ2n) is 4.70. The summed E-state index contributed by atoms with van der Waals surface area (Å²) >= 11 is 5.89. The first-order valence-electron chi connectivity index (χ1n) is 6.32. The van der Waals surface area contributed by atoms with Crippen molar-refractivity contribution in [2.45, 2.75) is 13.8 Å². The third-order valence-corrected chi connectivity index (χ3v) is 2.64. The van der Waals surface area contributed by atoms with E-state index in [0.717, 1.165) is 0 Å². The maximum Gasteiger partial charge on any atom is 0.321 e.